The smallest absolute Gasteiger partial charge is 0.264 e. The molecule has 0 aliphatic carbocycles. The van der Waals surface area contributed by atoms with Crippen molar-refractivity contribution >= 4 is 48.0 Å². The minimum atomic E-state index is -4.07. The van der Waals surface area contributed by atoms with Crippen molar-refractivity contribution in [3.05, 3.63) is 59.3 Å². The maximum absolute atomic E-state index is 13.5. The summed E-state index contributed by atoms with van der Waals surface area (Å²) < 4.78 is 59.0. The molecule has 0 amide bonds. The molecule has 0 unspecified atom stereocenters. The minimum absolute atomic E-state index is 0.00292. The number of oxazole rings is 1. The van der Waals surface area contributed by atoms with Gasteiger partial charge in [-0.1, -0.05) is 6.07 Å². The first kappa shape index (κ1) is 20.7. The van der Waals surface area contributed by atoms with Crippen LogP contribution in [0.25, 0.3) is 21.5 Å². The number of sulfone groups is 1. The summed E-state index contributed by atoms with van der Waals surface area (Å²) in [5.74, 6) is 0.0999. The number of aromatic nitrogens is 1. The quantitative estimate of drug-likeness (QED) is 0.433. The lowest BCUT2D eigenvalue weighted by Crippen LogP contribution is -2.39. The van der Waals surface area contributed by atoms with E-state index in [2.05, 4.69) is 11.1 Å². The Labute approximate surface area is 188 Å². The monoisotopic (exact) mass is 485 g/mol. The summed E-state index contributed by atoms with van der Waals surface area (Å²) in [6.07, 6.45) is 0. The molecule has 4 aromatic rings. The van der Waals surface area contributed by atoms with Gasteiger partial charge in [-0.15, -0.1) is 11.3 Å². The van der Waals surface area contributed by atoms with Gasteiger partial charge < -0.3 is 4.42 Å². The number of nitrogens with zero attached hydrogens (tertiary/aromatic N) is 3. The molecule has 2 aromatic carbocycles. The fourth-order valence-corrected chi connectivity index (χ4v) is 7.55. The van der Waals surface area contributed by atoms with E-state index in [1.165, 1.54) is 35.6 Å². The van der Waals surface area contributed by atoms with Crippen molar-refractivity contribution in [3.63, 3.8) is 0 Å². The first-order valence-electron chi connectivity index (χ1n) is 9.46. The van der Waals surface area contributed by atoms with Crippen LogP contribution >= 0.6 is 11.3 Å². The Morgan fingerprint density at radius 3 is 2.72 bits per heavy atom. The highest BCUT2D eigenvalue weighted by molar-refractivity contribution is 7.94. The molecule has 3 heterocycles. The van der Waals surface area contributed by atoms with Gasteiger partial charge in [0.2, 0.25) is 0 Å². The van der Waals surface area contributed by atoms with E-state index < -0.39 is 19.9 Å². The number of aryl methyl sites for hydroxylation is 1. The number of hydrogen-bond donors (Lipinski definition) is 0. The molecule has 0 saturated heterocycles. The average molecular weight is 486 g/mol. The lowest BCUT2D eigenvalue weighted by molar-refractivity contribution is 0.561. The van der Waals surface area contributed by atoms with E-state index in [0.717, 1.165) is 9.18 Å². The molecule has 11 heteroatoms. The molecule has 0 bridgehead atoms. The second-order valence-corrected chi connectivity index (χ2v) is 12.2. The van der Waals surface area contributed by atoms with E-state index >= 15 is 0 Å². The van der Waals surface area contributed by atoms with Crippen molar-refractivity contribution in [3.8, 4) is 16.5 Å². The Hall–Kier alpha value is -3.20. The molecule has 8 nitrogen and oxygen atoms in total. The first-order valence-corrected chi connectivity index (χ1v) is 13.4. The Morgan fingerprint density at radius 2 is 1.97 bits per heavy atom. The second-order valence-electron chi connectivity index (χ2n) is 7.22. The van der Waals surface area contributed by atoms with Gasteiger partial charge in [0.25, 0.3) is 10.0 Å². The second kappa shape index (κ2) is 7.16. The molecule has 0 saturated carbocycles. The third kappa shape index (κ3) is 3.28. The number of hydrogen-bond acceptors (Lipinski definition) is 8. The molecule has 162 valence electrons. The molecule has 0 N–H and O–H groups in total. The van der Waals surface area contributed by atoms with Gasteiger partial charge in [-0.25, -0.2) is 21.8 Å². The summed E-state index contributed by atoms with van der Waals surface area (Å²) in [5, 5.41) is 9.09. The van der Waals surface area contributed by atoms with Gasteiger partial charge in [0.15, 0.2) is 21.3 Å². The number of fused-ring (bicyclic) bond motifs is 2. The zero-order chi connectivity index (χ0) is 22.7. The summed E-state index contributed by atoms with van der Waals surface area (Å²) >= 11 is 1.25. The molecular weight excluding hydrogens is 470 g/mol. The van der Waals surface area contributed by atoms with Crippen molar-refractivity contribution in [2.24, 2.45) is 0 Å². The zero-order valence-corrected chi connectivity index (χ0v) is 19.1. The number of sulfonamides is 1. The fraction of sp³-hybridized carbons (Fsp3) is 0.143. The number of nitriles is 1. The van der Waals surface area contributed by atoms with Crippen LogP contribution in [0.1, 0.15) is 10.8 Å². The van der Waals surface area contributed by atoms with Crippen LogP contribution in [0.5, 0.6) is 0 Å². The lowest BCUT2D eigenvalue weighted by atomic mass is 10.1. The Kier molecular flexibility index (Phi) is 4.63. The molecule has 32 heavy (non-hydrogen) atoms. The van der Waals surface area contributed by atoms with Crippen LogP contribution < -0.4 is 4.31 Å². The predicted octanol–water partition coefficient (Wildman–Crippen LogP) is 3.72. The standard InChI is InChI=1S/C21H15N3O5S3/c1-13-23-17-11-16(4-5-19(17)29-13)32(27,28)24-8-9-31(25,26)21-7-2-14(10-18(21)24)20-6-3-15(12-22)30-20/h2-7,10-11H,8-9H2,1H3. The minimum Gasteiger partial charge on any atom is -0.441 e. The summed E-state index contributed by atoms with van der Waals surface area (Å²) in [5.41, 5.74) is 1.60. The number of thiophene rings is 1. The molecule has 1 aliphatic heterocycles. The van der Waals surface area contributed by atoms with E-state index in [9.17, 15) is 16.8 Å². The van der Waals surface area contributed by atoms with Crippen LogP contribution in [-0.4, -0.2) is 34.1 Å². The average Bonchev–Trinajstić information content (AvgIpc) is 3.38. The SMILES string of the molecule is Cc1nc2cc(S(=O)(=O)N3CCS(=O)(=O)c4ccc(-c5ccc(C#N)s5)cc43)ccc2o1. The first-order chi connectivity index (χ1) is 15.2. The van der Waals surface area contributed by atoms with Crippen LogP contribution in [0.15, 0.2) is 62.7 Å². The maximum Gasteiger partial charge on any atom is 0.264 e. The van der Waals surface area contributed by atoms with E-state index in [-0.39, 0.29) is 27.8 Å². The van der Waals surface area contributed by atoms with Crippen LogP contribution in [0.4, 0.5) is 5.69 Å². The van der Waals surface area contributed by atoms with Gasteiger partial charge in [-0.2, -0.15) is 5.26 Å². The number of benzene rings is 2. The van der Waals surface area contributed by atoms with Crippen LogP contribution in [0, 0.1) is 18.3 Å². The van der Waals surface area contributed by atoms with Gasteiger partial charge >= 0.3 is 0 Å². The molecular formula is C21H15N3O5S3. The van der Waals surface area contributed by atoms with Gasteiger partial charge in [0.1, 0.15) is 16.5 Å². The largest absolute Gasteiger partial charge is 0.441 e. The Morgan fingerprint density at radius 1 is 1.16 bits per heavy atom. The summed E-state index contributed by atoms with van der Waals surface area (Å²) in [6, 6.07) is 14.5. The summed E-state index contributed by atoms with van der Waals surface area (Å²) in [7, 11) is -7.70. The molecule has 0 fully saturated rings. The zero-order valence-electron chi connectivity index (χ0n) is 16.6. The van der Waals surface area contributed by atoms with E-state index in [1.54, 1.807) is 31.2 Å². The molecule has 5 rings (SSSR count). The number of anilines is 1. The predicted molar refractivity (Wildman–Crippen MR) is 120 cm³/mol. The van der Waals surface area contributed by atoms with E-state index in [0.29, 0.717) is 27.4 Å². The van der Waals surface area contributed by atoms with Gasteiger partial charge in [-0.3, -0.25) is 4.31 Å². The maximum atomic E-state index is 13.5. The molecule has 0 radical (unpaired) electrons. The van der Waals surface area contributed by atoms with Gasteiger partial charge in [0, 0.05) is 18.3 Å². The van der Waals surface area contributed by atoms with Crippen LogP contribution in [0.3, 0.4) is 0 Å². The van der Waals surface area contributed by atoms with Crippen LogP contribution in [-0.2, 0) is 19.9 Å². The van der Waals surface area contributed by atoms with Crippen molar-refractivity contribution in [1.82, 2.24) is 4.98 Å². The third-order valence-electron chi connectivity index (χ3n) is 5.18. The molecule has 0 atom stereocenters. The molecule has 1 aliphatic rings. The van der Waals surface area contributed by atoms with Gasteiger partial charge in [0.05, 0.1) is 21.2 Å². The topological polar surface area (TPSA) is 121 Å². The Bertz CT molecular complexity index is 1640. The highest BCUT2D eigenvalue weighted by Crippen LogP contribution is 2.39. The normalized spacial score (nSPS) is 15.4. The van der Waals surface area contributed by atoms with E-state index in [4.69, 9.17) is 9.68 Å². The van der Waals surface area contributed by atoms with Gasteiger partial charge in [-0.05, 0) is 48.0 Å². The molecule has 2 aromatic heterocycles. The lowest BCUT2D eigenvalue weighted by Gasteiger charge is -2.30. The number of rotatable bonds is 3. The fourth-order valence-electron chi connectivity index (χ4n) is 3.67. The highest BCUT2D eigenvalue weighted by atomic mass is 32.2. The third-order valence-corrected chi connectivity index (χ3v) is 9.76. The summed E-state index contributed by atoms with van der Waals surface area (Å²) in [4.78, 5) is 5.40. The van der Waals surface area contributed by atoms with Crippen molar-refractivity contribution in [1.29, 1.82) is 5.26 Å². The Balaban J connectivity index is 1.66. The molecule has 0 spiro atoms. The highest BCUT2D eigenvalue weighted by Gasteiger charge is 2.36. The van der Waals surface area contributed by atoms with Crippen LogP contribution in [0.2, 0.25) is 0 Å². The van der Waals surface area contributed by atoms with E-state index in [1.807, 2.05) is 0 Å². The van der Waals surface area contributed by atoms with Crippen molar-refractivity contribution in [2.45, 2.75) is 16.7 Å². The van der Waals surface area contributed by atoms with Crippen molar-refractivity contribution < 1.29 is 21.3 Å². The van der Waals surface area contributed by atoms with Crippen molar-refractivity contribution in [2.75, 3.05) is 16.6 Å². The summed E-state index contributed by atoms with van der Waals surface area (Å²) in [6.45, 7) is 1.47.